The van der Waals surface area contributed by atoms with E-state index in [2.05, 4.69) is 20.4 Å². The average molecular weight is 623 g/mol. The van der Waals surface area contributed by atoms with E-state index in [0.29, 0.717) is 54.0 Å². The number of methoxy groups -OCH3 is 2. The van der Waals surface area contributed by atoms with Gasteiger partial charge < -0.3 is 34.3 Å². The molecular weight excluding hydrogens is 591 g/mol. The first-order valence-electron chi connectivity index (χ1n) is 13.5. The number of ether oxygens (including phenoxy) is 4. The number of anilines is 3. The summed E-state index contributed by atoms with van der Waals surface area (Å²) in [5, 5.41) is 17.7. The van der Waals surface area contributed by atoms with Crippen LogP contribution in [0.15, 0.2) is 73.1 Å². The predicted molar refractivity (Wildman–Crippen MR) is 166 cm³/mol. The fourth-order valence-corrected chi connectivity index (χ4v) is 4.98. The van der Waals surface area contributed by atoms with Gasteiger partial charge in [-0.25, -0.2) is 14.3 Å². The summed E-state index contributed by atoms with van der Waals surface area (Å²) < 4.78 is 23.6. The molecule has 4 heterocycles. The Morgan fingerprint density at radius 2 is 1.82 bits per heavy atom. The zero-order valence-electron chi connectivity index (χ0n) is 23.9. The van der Waals surface area contributed by atoms with E-state index in [1.54, 1.807) is 20.4 Å². The average Bonchev–Trinajstić information content (AvgIpc) is 3.72. The van der Waals surface area contributed by atoms with Gasteiger partial charge in [0.25, 0.3) is 0 Å². The molecule has 2 aromatic carbocycles. The van der Waals surface area contributed by atoms with Crippen LogP contribution in [0.4, 0.5) is 17.2 Å². The van der Waals surface area contributed by atoms with E-state index in [-0.39, 0.29) is 57.1 Å². The topological polar surface area (TPSA) is 133 Å². The molecule has 1 aliphatic heterocycles. The molecule has 12 nitrogen and oxygen atoms in total. The first-order chi connectivity index (χ1) is 20.9. The van der Waals surface area contributed by atoms with E-state index in [1.807, 2.05) is 72.6 Å². The number of rotatable bonds is 10. The number of fused-ring (bicyclic) bond motifs is 1. The van der Waals surface area contributed by atoms with Gasteiger partial charge in [-0.2, -0.15) is 0 Å². The number of nitrogens with one attached hydrogen (secondary N) is 1. The van der Waals surface area contributed by atoms with Gasteiger partial charge >= 0.3 is 57.4 Å². The Kier molecular flexibility index (Phi) is 10.2. The zero-order valence-corrected chi connectivity index (χ0v) is 23.9. The Morgan fingerprint density at radius 1 is 1.05 bits per heavy atom. The van der Waals surface area contributed by atoms with Crippen molar-refractivity contribution in [2.24, 2.45) is 0 Å². The van der Waals surface area contributed by atoms with Gasteiger partial charge in [0.15, 0.2) is 29.2 Å². The molecule has 1 saturated heterocycles. The number of carboxylic acids is 1. The Labute approximate surface area is 296 Å². The van der Waals surface area contributed by atoms with Crippen molar-refractivity contribution in [3.8, 4) is 22.8 Å². The third-order valence-corrected chi connectivity index (χ3v) is 7.10. The van der Waals surface area contributed by atoms with Gasteiger partial charge in [0.2, 0.25) is 0 Å². The number of aromatic nitrogens is 4. The Hall–Kier alpha value is -3.56. The molecule has 3 aromatic heterocycles. The number of nitrogens with zero attached hydrogens (tertiary/aromatic N) is 5. The maximum atomic E-state index is 12.0. The molecule has 0 spiro atoms. The van der Waals surface area contributed by atoms with E-state index in [0.717, 1.165) is 22.4 Å². The number of hydrogen-bond acceptors (Lipinski definition) is 10. The van der Waals surface area contributed by atoms with Crippen LogP contribution >= 0.6 is 0 Å². The van der Waals surface area contributed by atoms with Crippen LogP contribution in [0, 0.1) is 0 Å². The number of hydrogen-bond donors (Lipinski definition) is 2. The van der Waals surface area contributed by atoms with Crippen LogP contribution in [0.5, 0.6) is 11.5 Å². The third kappa shape index (κ3) is 6.59. The summed E-state index contributed by atoms with van der Waals surface area (Å²) in [7, 11) is 5.12. The summed E-state index contributed by atoms with van der Waals surface area (Å²) in [5.74, 6) is 0.584. The van der Waals surface area contributed by atoms with Gasteiger partial charge in [0.1, 0.15) is 5.75 Å². The van der Waals surface area contributed by atoms with Crippen LogP contribution in [0.25, 0.3) is 16.9 Å². The maximum absolute atomic E-state index is 12.0. The molecule has 0 atom stereocenters. The Morgan fingerprint density at radius 3 is 2.48 bits per heavy atom. The van der Waals surface area contributed by atoms with Crippen molar-refractivity contribution in [3.05, 3.63) is 89.9 Å². The number of carbonyl (C=O) groups is 1. The molecule has 0 aliphatic carbocycles. The minimum atomic E-state index is -1.14. The molecule has 0 unspecified atom stereocenters. The van der Waals surface area contributed by atoms with E-state index in [9.17, 15) is 9.90 Å². The number of imidazole rings is 1. The van der Waals surface area contributed by atoms with Gasteiger partial charge in [-0.05, 0) is 35.9 Å². The van der Waals surface area contributed by atoms with Crippen molar-refractivity contribution in [1.29, 1.82) is 0 Å². The molecule has 0 amide bonds. The molecular formula is C31H31KN6O6. The SMILES string of the molecule is COc1ccc(CN(C)c2cc(Nc3cccc(-c4ccc(C5OCCO5)cn4)c3OC)nn3c(C(=O)O)cnc23)cc1.[KH]. The summed E-state index contributed by atoms with van der Waals surface area (Å²) in [4.78, 5) is 23.0. The normalized spacial score (nSPS) is 13.0. The Bertz CT molecular complexity index is 1760. The predicted octanol–water partition coefficient (Wildman–Crippen LogP) is 4.28. The molecule has 1 fully saturated rings. The second kappa shape index (κ2) is 14.0. The van der Waals surface area contributed by atoms with Gasteiger partial charge in [0, 0.05) is 37.0 Å². The fourth-order valence-electron chi connectivity index (χ4n) is 4.98. The zero-order chi connectivity index (χ0) is 29.9. The molecule has 0 bridgehead atoms. The summed E-state index contributed by atoms with van der Waals surface area (Å²) in [6.45, 7) is 1.65. The van der Waals surface area contributed by atoms with Crippen LogP contribution in [-0.2, 0) is 16.0 Å². The summed E-state index contributed by atoms with van der Waals surface area (Å²) in [6.07, 6.45) is 2.63. The minimum absolute atomic E-state index is 0. The fraction of sp³-hybridized carbons (Fsp3) is 0.226. The summed E-state index contributed by atoms with van der Waals surface area (Å²) in [5.41, 5.74) is 5.01. The summed E-state index contributed by atoms with van der Waals surface area (Å²) in [6, 6.07) is 19.0. The second-order valence-corrected chi connectivity index (χ2v) is 9.86. The first-order valence-corrected chi connectivity index (χ1v) is 13.5. The second-order valence-electron chi connectivity index (χ2n) is 9.86. The van der Waals surface area contributed by atoms with Gasteiger partial charge in [0.05, 0.1) is 50.7 Å². The van der Waals surface area contributed by atoms with E-state index >= 15 is 0 Å². The van der Waals surface area contributed by atoms with Crippen molar-refractivity contribution in [2.45, 2.75) is 12.8 Å². The van der Waals surface area contributed by atoms with Gasteiger partial charge in [-0.1, -0.05) is 24.3 Å². The van der Waals surface area contributed by atoms with Crippen LogP contribution in [-0.4, -0.2) is 117 Å². The molecule has 44 heavy (non-hydrogen) atoms. The van der Waals surface area contributed by atoms with Crippen LogP contribution in [0.1, 0.15) is 27.9 Å². The number of benzene rings is 2. The number of carboxylic acid groups (broad SMARTS) is 1. The van der Waals surface area contributed by atoms with Crippen molar-refractivity contribution in [1.82, 2.24) is 19.6 Å². The molecule has 222 valence electrons. The molecule has 6 rings (SSSR count). The molecule has 5 aromatic rings. The number of aromatic carboxylic acids is 1. The molecule has 2 N–H and O–H groups in total. The van der Waals surface area contributed by atoms with Crippen LogP contribution in [0.2, 0.25) is 0 Å². The molecule has 0 radical (unpaired) electrons. The summed E-state index contributed by atoms with van der Waals surface area (Å²) >= 11 is 0. The standard InChI is InChI=1S/C31H30N6O6.K.H/c1-36(18-19-7-10-21(40-2)11-8-19)25-15-27(35-37-26(30(38)39)17-33-29(25)37)34-24-6-4-5-22(28(24)41-3)23-12-9-20(16-32-23)31-42-13-14-43-31;;/h4-12,15-17,31H,13-14,18H2,1-3H3,(H,34,35)(H,38,39);;. The quantitative estimate of drug-likeness (QED) is 0.216. The van der Waals surface area contributed by atoms with Gasteiger partial charge in [-0.15, -0.1) is 5.10 Å². The van der Waals surface area contributed by atoms with Crippen molar-refractivity contribution in [3.63, 3.8) is 0 Å². The van der Waals surface area contributed by atoms with E-state index in [1.165, 1.54) is 10.7 Å². The first kappa shape index (κ1) is 31.8. The van der Waals surface area contributed by atoms with Crippen molar-refractivity contribution >= 4 is 80.2 Å². The van der Waals surface area contributed by atoms with Crippen LogP contribution < -0.4 is 19.7 Å². The monoisotopic (exact) mass is 622 g/mol. The Balaban J connectivity index is 0.00000384. The van der Waals surface area contributed by atoms with Crippen molar-refractivity contribution in [2.75, 3.05) is 44.7 Å². The van der Waals surface area contributed by atoms with Crippen LogP contribution in [0.3, 0.4) is 0 Å². The van der Waals surface area contributed by atoms with Gasteiger partial charge in [-0.3, -0.25) is 4.98 Å². The molecule has 13 heteroatoms. The number of pyridine rings is 1. The molecule has 0 saturated carbocycles. The van der Waals surface area contributed by atoms with E-state index in [4.69, 9.17) is 18.9 Å². The molecule has 1 aliphatic rings. The number of para-hydroxylation sites is 1. The third-order valence-electron chi connectivity index (χ3n) is 7.10. The van der Waals surface area contributed by atoms with Crippen molar-refractivity contribution < 1.29 is 28.8 Å². The van der Waals surface area contributed by atoms with E-state index < -0.39 is 12.3 Å².